The first-order valence-corrected chi connectivity index (χ1v) is 6.02. The van der Waals surface area contributed by atoms with Gasteiger partial charge in [0.1, 0.15) is 0 Å². The van der Waals surface area contributed by atoms with Crippen LogP contribution in [0.1, 0.15) is 12.0 Å². The summed E-state index contributed by atoms with van der Waals surface area (Å²) in [6.45, 7) is 3.79. The van der Waals surface area contributed by atoms with Gasteiger partial charge in [-0.05, 0) is 19.0 Å². The van der Waals surface area contributed by atoms with Gasteiger partial charge in [-0.3, -0.25) is 0 Å². The summed E-state index contributed by atoms with van der Waals surface area (Å²) in [5, 5.41) is 3.35. The molecule has 0 amide bonds. The summed E-state index contributed by atoms with van der Waals surface area (Å²) in [5.41, 5.74) is 1.28. The van der Waals surface area contributed by atoms with E-state index in [-0.39, 0.29) is 0 Å². The van der Waals surface area contributed by atoms with E-state index in [0.29, 0.717) is 5.92 Å². The third-order valence-corrected chi connectivity index (χ3v) is 3.32. The summed E-state index contributed by atoms with van der Waals surface area (Å²) in [6, 6.07) is 6.18. The van der Waals surface area contributed by atoms with Crippen LogP contribution >= 0.6 is 0 Å². The second-order valence-corrected chi connectivity index (χ2v) is 4.51. The average molecular weight is 219 g/mol. The summed E-state index contributed by atoms with van der Waals surface area (Å²) >= 11 is 0. The van der Waals surface area contributed by atoms with Crippen molar-refractivity contribution in [1.82, 2.24) is 5.32 Å². The van der Waals surface area contributed by atoms with Crippen molar-refractivity contribution in [3.8, 4) is 11.5 Å². The Morgan fingerprint density at radius 2 is 2.44 bits per heavy atom. The number of nitrogens with one attached hydrogen (secondary N) is 1. The fraction of sp³-hybridized carbons (Fsp3) is 0.538. The van der Waals surface area contributed by atoms with Crippen LogP contribution in [-0.2, 0) is 6.42 Å². The van der Waals surface area contributed by atoms with Crippen molar-refractivity contribution < 1.29 is 9.47 Å². The van der Waals surface area contributed by atoms with Crippen LogP contribution in [-0.4, -0.2) is 26.3 Å². The molecule has 2 aliphatic heterocycles. The molecule has 1 saturated heterocycles. The molecule has 3 nitrogen and oxygen atoms in total. The van der Waals surface area contributed by atoms with Gasteiger partial charge in [-0.25, -0.2) is 0 Å². The third kappa shape index (κ3) is 1.87. The number of para-hydroxylation sites is 1. The van der Waals surface area contributed by atoms with E-state index >= 15 is 0 Å². The molecule has 2 heterocycles. The van der Waals surface area contributed by atoms with Gasteiger partial charge >= 0.3 is 0 Å². The maximum Gasteiger partial charge on any atom is 0.164 e. The molecule has 1 fully saturated rings. The molecule has 0 saturated carbocycles. The summed E-state index contributed by atoms with van der Waals surface area (Å²) in [7, 11) is 0. The number of hydrogen-bond acceptors (Lipinski definition) is 3. The Labute approximate surface area is 95.8 Å². The first-order valence-electron chi connectivity index (χ1n) is 6.02. The lowest BCUT2D eigenvalue weighted by Gasteiger charge is -2.13. The first kappa shape index (κ1) is 9.97. The SMILES string of the molecule is c1cc2c(c(OCC3CCNC3)c1)OCC2. The van der Waals surface area contributed by atoms with Gasteiger partial charge in [-0.1, -0.05) is 12.1 Å². The minimum Gasteiger partial charge on any atom is -0.489 e. The van der Waals surface area contributed by atoms with Gasteiger partial charge in [-0.15, -0.1) is 0 Å². The zero-order chi connectivity index (χ0) is 10.8. The molecule has 1 atom stereocenters. The molecule has 2 aliphatic rings. The second kappa shape index (κ2) is 4.34. The molecule has 16 heavy (non-hydrogen) atoms. The van der Waals surface area contributed by atoms with E-state index in [1.54, 1.807) is 0 Å². The largest absolute Gasteiger partial charge is 0.489 e. The van der Waals surface area contributed by atoms with Crippen LogP contribution in [0, 0.1) is 5.92 Å². The average Bonchev–Trinajstić information content (AvgIpc) is 2.97. The third-order valence-electron chi connectivity index (χ3n) is 3.32. The molecule has 0 aliphatic carbocycles. The van der Waals surface area contributed by atoms with Gasteiger partial charge in [0.2, 0.25) is 0 Å². The molecule has 1 aromatic carbocycles. The minimum absolute atomic E-state index is 0.650. The topological polar surface area (TPSA) is 30.5 Å². The van der Waals surface area contributed by atoms with Gasteiger partial charge in [0.25, 0.3) is 0 Å². The summed E-state index contributed by atoms with van der Waals surface area (Å²) < 4.78 is 11.5. The van der Waals surface area contributed by atoms with E-state index in [2.05, 4.69) is 17.4 Å². The van der Waals surface area contributed by atoms with Gasteiger partial charge in [0.15, 0.2) is 11.5 Å². The lowest BCUT2D eigenvalue weighted by molar-refractivity contribution is 0.244. The quantitative estimate of drug-likeness (QED) is 0.837. The van der Waals surface area contributed by atoms with Crippen LogP contribution in [0.15, 0.2) is 18.2 Å². The molecule has 86 valence electrons. The van der Waals surface area contributed by atoms with Crippen molar-refractivity contribution in [3.63, 3.8) is 0 Å². The van der Waals surface area contributed by atoms with Crippen molar-refractivity contribution >= 4 is 0 Å². The van der Waals surface area contributed by atoms with E-state index in [4.69, 9.17) is 9.47 Å². The Hall–Kier alpha value is -1.22. The van der Waals surface area contributed by atoms with Crippen molar-refractivity contribution in [2.75, 3.05) is 26.3 Å². The van der Waals surface area contributed by atoms with Crippen LogP contribution in [0.25, 0.3) is 0 Å². The van der Waals surface area contributed by atoms with E-state index < -0.39 is 0 Å². The highest BCUT2D eigenvalue weighted by atomic mass is 16.5. The Kier molecular flexibility index (Phi) is 2.70. The number of hydrogen-bond donors (Lipinski definition) is 1. The molecule has 0 spiro atoms. The van der Waals surface area contributed by atoms with Crippen molar-refractivity contribution in [2.45, 2.75) is 12.8 Å². The zero-order valence-electron chi connectivity index (χ0n) is 9.37. The molecule has 0 radical (unpaired) electrons. The predicted octanol–water partition coefficient (Wildman–Crippen LogP) is 1.61. The lowest BCUT2D eigenvalue weighted by Crippen LogP contribution is -2.15. The highest BCUT2D eigenvalue weighted by molar-refractivity contribution is 5.48. The number of rotatable bonds is 3. The molecule has 1 N–H and O–H groups in total. The fourth-order valence-corrected chi connectivity index (χ4v) is 2.36. The molecular weight excluding hydrogens is 202 g/mol. The van der Waals surface area contributed by atoms with Crippen molar-refractivity contribution in [3.05, 3.63) is 23.8 Å². The first-order chi connectivity index (χ1) is 7.93. The predicted molar refractivity (Wildman–Crippen MR) is 62.1 cm³/mol. The monoisotopic (exact) mass is 219 g/mol. The maximum atomic E-state index is 5.87. The smallest absolute Gasteiger partial charge is 0.164 e. The van der Waals surface area contributed by atoms with E-state index in [1.807, 2.05) is 6.07 Å². The molecular formula is C13H17NO2. The number of benzene rings is 1. The molecule has 0 aromatic heterocycles. The maximum absolute atomic E-state index is 5.87. The van der Waals surface area contributed by atoms with E-state index in [0.717, 1.165) is 44.2 Å². The fourth-order valence-electron chi connectivity index (χ4n) is 2.36. The van der Waals surface area contributed by atoms with Crippen LogP contribution in [0.4, 0.5) is 0 Å². The summed E-state index contributed by atoms with van der Waals surface area (Å²) in [6.07, 6.45) is 2.23. The molecule has 0 bridgehead atoms. The standard InChI is InChI=1S/C13H17NO2/c1-2-11-5-7-15-13(11)12(3-1)16-9-10-4-6-14-8-10/h1-3,10,14H,4-9H2. The zero-order valence-corrected chi connectivity index (χ0v) is 9.37. The normalized spacial score (nSPS) is 22.9. The van der Waals surface area contributed by atoms with Crippen LogP contribution in [0.3, 0.4) is 0 Å². The molecule has 3 heteroatoms. The van der Waals surface area contributed by atoms with Crippen molar-refractivity contribution in [1.29, 1.82) is 0 Å². The van der Waals surface area contributed by atoms with Crippen LogP contribution in [0.2, 0.25) is 0 Å². The van der Waals surface area contributed by atoms with Crippen LogP contribution in [0.5, 0.6) is 11.5 Å². The lowest BCUT2D eigenvalue weighted by atomic mass is 10.1. The van der Waals surface area contributed by atoms with Gasteiger partial charge < -0.3 is 14.8 Å². The van der Waals surface area contributed by atoms with Gasteiger partial charge in [0.05, 0.1) is 13.2 Å². The second-order valence-electron chi connectivity index (χ2n) is 4.51. The molecule has 1 unspecified atom stereocenters. The highest BCUT2D eigenvalue weighted by Crippen LogP contribution is 2.35. The van der Waals surface area contributed by atoms with Gasteiger partial charge in [0, 0.05) is 24.4 Å². The highest BCUT2D eigenvalue weighted by Gasteiger charge is 2.19. The summed E-state index contributed by atoms with van der Waals surface area (Å²) in [5.74, 6) is 2.53. The Balaban J connectivity index is 1.67. The molecule has 3 rings (SSSR count). The Morgan fingerprint density at radius 1 is 1.44 bits per heavy atom. The van der Waals surface area contributed by atoms with Crippen molar-refractivity contribution in [2.24, 2.45) is 5.92 Å². The number of ether oxygens (including phenoxy) is 2. The Bertz CT molecular complexity index is 372. The van der Waals surface area contributed by atoms with Crippen LogP contribution < -0.4 is 14.8 Å². The molecule has 1 aromatic rings. The summed E-state index contributed by atoms with van der Waals surface area (Å²) in [4.78, 5) is 0. The van der Waals surface area contributed by atoms with Gasteiger partial charge in [-0.2, -0.15) is 0 Å². The number of fused-ring (bicyclic) bond motifs is 1. The van der Waals surface area contributed by atoms with E-state index in [9.17, 15) is 0 Å². The van der Waals surface area contributed by atoms with E-state index in [1.165, 1.54) is 12.0 Å². The minimum atomic E-state index is 0.650. The Morgan fingerprint density at radius 3 is 3.31 bits per heavy atom.